The van der Waals surface area contributed by atoms with Crippen LogP contribution in [-0.4, -0.2) is 59.1 Å². The molecule has 0 bridgehead atoms. The molecule has 0 spiro atoms. The van der Waals surface area contributed by atoms with Crippen LogP contribution < -0.4 is 0 Å². The SMILES string of the molecule is CN(CC1CCCN(C(=O)Cc2cccc3cccnc23)C1)C(=O)OC(C)(C)C. The molecule has 1 aromatic carbocycles. The molecule has 0 saturated carbocycles. The number of aromatic nitrogens is 1. The first kappa shape index (κ1) is 21.1. The van der Waals surface area contributed by atoms with Crippen LogP contribution in [0.25, 0.3) is 10.9 Å². The van der Waals surface area contributed by atoms with E-state index in [1.165, 1.54) is 0 Å². The minimum absolute atomic E-state index is 0.118. The second-order valence-electron chi connectivity index (χ2n) is 8.88. The van der Waals surface area contributed by atoms with E-state index in [-0.39, 0.29) is 17.9 Å². The maximum absolute atomic E-state index is 13.0. The van der Waals surface area contributed by atoms with Crippen molar-refractivity contribution < 1.29 is 14.3 Å². The fourth-order valence-corrected chi connectivity index (χ4v) is 3.83. The van der Waals surface area contributed by atoms with E-state index in [1.54, 1.807) is 18.1 Å². The highest BCUT2D eigenvalue weighted by Crippen LogP contribution is 2.21. The van der Waals surface area contributed by atoms with Gasteiger partial charge < -0.3 is 14.5 Å². The summed E-state index contributed by atoms with van der Waals surface area (Å²) < 4.78 is 5.43. The molecule has 156 valence electrons. The summed E-state index contributed by atoms with van der Waals surface area (Å²) in [6.45, 7) is 7.62. The van der Waals surface area contributed by atoms with Crippen molar-refractivity contribution >= 4 is 22.9 Å². The van der Waals surface area contributed by atoms with Gasteiger partial charge in [0.15, 0.2) is 0 Å². The van der Waals surface area contributed by atoms with Crippen LogP contribution in [0.15, 0.2) is 36.5 Å². The largest absolute Gasteiger partial charge is 0.444 e. The van der Waals surface area contributed by atoms with Gasteiger partial charge >= 0.3 is 6.09 Å². The first-order valence-corrected chi connectivity index (χ1v) is 10.3. The molecule has 1 atom stereocenters. The number of nitrogens with zero attached hydrogens (tertiary/aromatic N) is 3. The minimum Gasteiger partial charge on any atom is -0.444 e. The number of rotatable bonds is 4. The summed E-state index contributed by atoms with van der Waals surface area (Å²) >= 11 is 0. The summed E-state index contributed by atoms with van der Waals surface area (Å²) in [6, 6.07) is 9.89. The lowest BCUT2D eigenvalue weighted by Crippen LogP contribution is -2.45. The summed E-state index contributed by atoms with van der Waals surface area (Å²) in [5, 5.41) is 1.05. The third-order valence-electron chi connectivity index (χ3n) is 5.17. The average molecular weight is 398 g/mol. The Labute approximate surface area is 172 Å². The molecule has 0 N–H and O–H groups in total. The van der Waals surface area contributed by atoms with Crippen molar-refractivity contribution in [1.82, 2.24) is 14.8 Å². The van der Waals surface area contributed by atoms with E-state index < -0.39 is 5.60 Å². The van der Waals surface area contributed by atoms with Crippen molar-refractivity contribution in [2.24, 2.45) is 5.92 Å². The van der Waals surface area contributed by atoms with Crippen LogP contribution in [0.5, 0.6) is 0 Å². The van der Waals surface area contributed by atoms with Crippen LogP contribution in [-0.2, 0) is 16.0 Å². The Balaban J connectivity index is 1.60. The lowest BCUT2D eigenvalue weighted by molar-refractivity contribution is -0.132. The van der Waals surface area contributed by atoms with E-state index >= 15 is 0 Å². The van der Waals surface area contributed by atoms with Crippen LogP contribution in [0.3, 0.4) is 0 Å². The zero-order valence-corrected chi connectivity index (χ0v) is 17.9. The number of carbonyl (C=O) groups excluding carboxylic acids is 2. The van der Waals surface area contributed by atoms with Gasteiger partial charge in [-0.25, -0.2) is 4.79 Å². The molecule has 29 heavy (non-hydrogen) atoms. The summed E-state index contributed by atoms with van der Waals surface area (Å²) in [6.07, 6.45) is 3.75. The summed E-state index contributed by atoms with van der Waals surface area (Å²) in [5.74, 6) is 0.378. The van der Waals surface area contributed by atoms with E-state index in [9.17, 15) is 9.59 Å². The van der Waals surface area contributed by atoms with Gasteiger partial charge in [-0.2, -0.15) is 0 Å². The normalized spacial score (nSPS) is 17.2. The van der Waals surface area contributed by atoms with Crippen LogP contribution in [0, 0.1) is 5.92 Å². The number of para-hydroxylation sites is 1. The van der Waals surface area contributed by atoms with Crippen molar-refractivity contribution in [2.45, 2.75) is 45.6 Å². The van der Waals surface area contributed by atoms with E-state index in [1.807, 2.05) is 56.0 Å². The quantitative estimate of drug-likeness (QED) is 0.785. The van der Waals surface area contributed by atoms with E-state index in [0.29, 0.717) is 19.5 Å². The third-order valence-corrected chi connectivity index (χ3v) is 5.17. The van der Waals surface area contributed by atoms with E-state index in [4.69, 9.17) is 4.74 Å². The molecule has 1 saturated heterocycles. The summed E-state index contributed by atoms with van der Waals surface area (Å²) in [5.41, 5.74) is 1.34. The number of amides is 2. The van der Waals surface area contributed by atoms with Gasteiger partial charge in [-0.1, -0.05) is 24.3 Å². The highest BCUT2D eigenvalue weighted by atomic mass is 16.6. The molecular formula is C23H31N3O3. The Bertz CT molecular complexity index is 870. The van der Waals surface area contributed by atoms with Gasteiger partial charge in [0.05, 0.1) is 11.9 Å². The van der Waals surface area contributed by atoms with E-state index in [0.717, 1.165) is 35.9 Å². The molecule has 3 rings (SSSR count). The fourth-order valence-electron chi connectivity index (χ4n) is 3.83. The molecule has 2 heterocycles. The number of hydrogen-bond donors (Lipinski definition) is 0. The second kappa shape index (κ2) is 8.80. The zero-order valence-electron chi connectivity index (χ0n) is 17.9. The molecule has 0 radical (unpaired) electrons. The maximum Gasteiger partial charge on any atom is 0.410 e. The lowest BCUT2D eigenvalue weighted by Gasteiger charge is -2.35. The number of piperidine rings is 1. The van der Waals surface area contributed by atoms with Crippen molar-refractivity contribution in [1.29, 1.82) is 0 Å². The van der Waals surface area contributed by atoms with Crippen molar-refractivity contribution in [3.63, 3.8) is 0 Å². The smallest absolute Gasteiger partial charge is 0.410 e. The van der Waals surface area contributed by atoms with Gasteiger partial charge in [0.1, 0.15) is 5.60 Å². The van der Waals surface area contributed by atoms with Gasteiger partial charge in [0.2, 0.25) is 5.91 Å². The predicted molar refractivity (Wildman–Crippen MR) is 114 cm³/mol. The van der Waals surface area contributed by atoms with Gasteiger partial charge in [-0.3, -0.25) is 9.78 Å². The molecular weight excluding hydrogens is 366 g/mol. The standard InChI is InChI=1S/C23H31N3O3/c1-23(2,3)29-22(28)25(4)15-17-8-7-13-26(16-17)20(27)14-19-10-5-9-18-11-6-12-24-21(18)19/h5-6,9-12,17H,7-8,13-16H2,1-4H3. The Kier molecular flexibility index (Phi) is 6.40. The van der Waals surface area contributed by atoms with Crippen molar-refractivity contribution in [3.05, 3.63) is 42.1 Å². The molecule has 2 aromatic rings. The second-order valence-corrected chi connectivity index (χ2v) is 8.88. The topological polar surface area (TPSA) is 62.7 Å². The molecule has 1 aromatic heterocycles. The number of benzene rings is 1. The van der Waals surface area contributed by atoms with Gasteiger partial charge in [-0.15, -0.1) is 0 Å². The molecule has 1 aliphatic rings. The number of hydrogen-bond acceptors (Lipinski definition) is 4. The predicted octanol–water partition coefficient (Wildman–Crippen LogP) is 3.88. The summed E-state index contributed by atoms with van der Waals surface area (Å²) in [4.78, 5) is 33.2. The summed E-state index contributed by atoms with van der Waals surface area (Å²) in [7, 11) is 1.76. The molecule has 1 unspecified atom stereocenters. The molecule has 6 heteroatoms. The first-order chi connectivity index (χ1) is 13.7. The Hall–Kier alpha value is -2.63. The fraction of sp³-hybridized carbons (Fsp3) is 0.522. The van der Waals surface area contributed by atoms with Crippen LogP contribution in [0.1, 0.15) is 39.2 Å². The average Bonchev–Trinajstić information content (AvgIpc) is 2.67. The first-order valence-electron chi connectivity index (χ1n) is 10.3. The molecule has 2 amide bonds. The van der Waals surface area contributed by atoms with Gasteiger partial charge in [0, 0.05) is 38.3 Å². The van der Waals surface area contributed by atoms with Crippen LogP contribution in [0.4, 0.5) is 4.79 Å². The van der Waals surface area contributed by atoms with Crippen molar-refractivity contribution in [3.8, 4) is 0 Å². The molecule has 0 aliphatic carbocycles. The zero-order chi connectivity index (χ0) is 21.0. The monoisotopic (exact) mass is 397 g/mol. The molecule has 1 fully saturated rings. The highest BCUT2D eigenvalue weighted by molar-refractivity contribution is 5.87. The maximum atomic E-state index is 13.0. The van der Waals surface area contributed by atoms with Gasteiger partial charge in [-0.05, 0) is 51.2 Å². The Morgan fingerprint density at radius 3 is 2.76 bits per heavy atom. The number of carbonyl (C=O) groups is 2. The van der Waals surface area contributed by atoms with Crippen LogP contribution >= 0.6 is 0 Å². The lowest BCUT2D eigenvalue weighted by atomic mass is 9.96. The minimum atomic E-state index is -0.508. The van der Waals surface area contributed by atoms with E-state index in [2.05, 4.69) is 4.98 Å². The molecule has 6 nitrogen and oxygen atoms in total. The Morgan fingerprint density at radius 2 is 2.00 bits per heavy atom. The number of pyridine rings is 1. The number of fused-ring (bicyclic) bond motifs is 1. The highest BCUT2D eigenvalue weighted by Gasteiger charge is 2.27. The van der Waals surface area contributed by atoms with Crippen molar-refractivity contribution in [2.75, 3.05) is 26.7 Å². The van der Waals surface area contributed by atoms with Gasteiger partial charge in [0.25, 0.3) is 0 Å². The van der Waals surface area contributed by atoms with Crippen LogP contribution in [0.2, 0.25) is 0 Å². The number of ether oxygens (including phenoxy) is 1. The Morgan fingerprint density at radius 1 is 1.24 bits per heavy atom. The number of likely N-dealkylation sites (tertiary alicyclic amines) is 1. The molecule has 1 aliphatic heterocycles. The third kappa shape index (κ3) is 5.68.